The molecule has 142 valence electrons. The van der Waals surface area contributed by atoms with Crippen LogP contribution in [0.1, 0.15) is 23.8 Å². The second-order valence-corrected chi connectivity index (χ2v) is 8.59. The Bertz CT molecular complexity index is 905. The molecule has 8 heteroatoms. The largest absolute Gasteiger partial charge is 0.351 e. The Balaban J connectivity index is 1.60. The number of rotatable bonds is 8. The summed E-state index contributed by atoms with van der Waals surface area (Å²) in [5.74, 6) is 1.14. The van der Waals surface area contributed by atoms with E-state index in [2.05, 4.69) is 45.4 Å². The standard InChI is InChI=1S/C19H21ClN4OS2/c1-3-8-24-18(15-9-13(2)26-11-15)22-23-19(24)27-12-17(25)21-10-14-4-6-16(20)7-5-14/h4-7,9,11H,3,8,10,12H2,1-2H3,(H,21,25). The van der Waals surface area contributed by atoms with Crippen molar-refractivity contribution in [3.05, 3.63) is 51.2 Å². The number of halogens is 1. The fourth-order valence-electron chi connectivity index (χ4n) is 2.58. The van der Waals surface area contributed by atoms with Gasteiger partial charge < -0.3 is 9.88 Å². The highest BCUT2D eigenvalue weighted by Gasteiger charge is 2.16. The van der Waals surface area contributed by atoms with Crippen LogP contribution in [0.5, 0.6) is 0 Å². The lowest BCUT2D eigenvalue weighted by molar-refractivity contribution is -0.118. The predicted molar refractivity (Wildman–Crippen MR) is 112 cm³/mol. The zero-order chi connectivity index (χ0) is 19.2. The Morgan fingerprint density at radius 2 is 2.07 bits per heavy atom. The number of aromatic nitrogens is 3. The van der Waals surface area contributed by atoms with Crippen molar-refractivity contribution >= 4 is 40.6 Å². The van der Waals surface area contributed by atoms with E-state index in [1.54, 1.807) is 11.3 Å². The number of carbonyl (C=O) groups excluding carboxylic acids is 1. The summed E-state index contributed by atoms with van der Waals surface area (Å²) in [4.78, 5) is 13.4. The fourth-order valence-corrected chi connectivity index (χ4v) is 4.18. The van der Waals surface area contributed by atoms with Crippen molar-refractivity contribution in [2.75, 3.05) is 5.75 Å². The number of benzene rings is 1. The average molecular weight is 421 g/mol. The first kappa shape index (κ1) is 19.9. The zero-order valence-electron chi connectivity index (χ0n) is 15.2. The van der Waals surface area contributed by atoms with Gasteiger partial charge in [0.15, 0.2) is 11.0 Å². The van der Waals surface area contributed by atoms with Gasteiger partial charge in [-0.25, -0.2) is 0 Å². The molecule has 3 rings (SSSR count). The van der Waals surface area contributed by atoms with Crippen molar-refractivity contribution in [1.29, 1.82) is 0 Å². The summed E-state index contributed by atoms with van der Waals surface area (Å²) in [6, 6.07) is 9.57. The van der Waals surface area contributed by atoms with E-state index in [1.165, 1.54) is 16.6 Å². The minimum Gasteiger partial charge on any atom is -0.351 e. The van der Waals surface area contributed by atoms with Crippen LogP contribution in [0, 0.1) is 6.92 Å². The monoisotopic (exact) mass is 420 g/mol. The van der Waals surface area contributed by atoms with Gasteiger partial charge in [0.05, 0.1) is 5.75 Å². The molecule has 0 bridgehead atoms. The van der Waals surface area contributed by atoms with E-state index < -0.39 is 0 Å². The van der Waals surface area contributed by atoms with E-state index >= 15 is 0 Å². The van der Waals surface area contributed by atoms with Gasteiger partial charge in [0.1, 0.15) is 0 Å². The van der Waals surface area contributed by atoms with E-state index in [4.69, 9.17) is 11.6 Å². The molecule has 0 unspecified atom stereocenters. The molecule has 0 radical (unpaired) electrons. The molecule has 5 nitrogen and oxygen atoms in total. The van der Waals surface area contributed by atoms with E-state index in [0.717, 1.165) is 35.1 Å². The molecule has 0 atom stereocenters. The van der Waals surface area contributed by atoms with Crippen LogP contribution in [0.2, 0.25) is 5.02 Å². The smallest absolute Gasteiger partial charge is 0.230 e. The molecule has 0 aliphatic rings. The minimum absolute atomic E-state index is 0.0334. The SMILES string of the molecule is CCCn1c(SCC(=O)NCc2ccc(Cl)cc2)nnc1-c1csc(C)c1. The molecule has 0 fully saturated rings. The molecule has 2 heterocycles. The van der Waals surface area contributed by atoms with Crippen molar-refractivity contribution in [3.8, 4) is 11.4 Å². The first-order chi connectivity index (χ1) is 13.1. The van der Waals surface area contributed by atoms with Crippen molar-refractivity contribution in [1.82, 2.24) is 20.1 Å². The van der Waals surface area contributed by atoms with Crippen molar-refractivity contribution in [2.45, 2.75) is 38.5 Å². The van der Waals surface area contributed by atoms with Gasteiger partial charge in [0.25, 0.3) is 0 Å². The third kappa shape index (κ3) is 5.34. The number of nitrogens with zero attached hydrogens (tertiary/aromatic N) is 3. The van der Waals surface area contributed by atoms with Gasteiger partial charge in [-0.15, -0.1) is 21.5 Å². The third-order valence-corrected chi connectivity index (χ3v) is 5.97. The molecule has 0 aliphatic carbocycles. The molecular formula is C19H21ClN4OS2. The summed E-state index contributed by atoms with van der Waals surface area (Å²) in [5.41, 5.74) is 2.10. The summed E-state index contributed by atoms with van der Waals surface area (Å²) in [6.07, 6.45) is 0.977. The van der Waals surface area contributed by atoms with E-state index in [9.17, 15) is 4.79 Å². The maximum atomic E-state index is 12.2. The Hall–Kier alpha value is -1.83. The lowest BCUT2D eigenvalue weighted by Crippen LogP contribution is -2.24. The number of nitrogens with one attached hydrogen (secondary N) is 1. The van der Waals surface area contributed by atoms with Gasteiger partial charge in [0.2, 0.25) is 5.91 Å². The molecule has 0 aliphatic heterocycles. The number of aryl methyl sites for hydroxylation is 1. The lowest BCUT2D eigenvalue weighted by Gasteiger charge is -2.08. The quantitative estimate of drug-likeness (QED) is 0.532. The molecule has 27 heavy (non-hydrogen) atoms. The second-order valence-electron chi connectivity index (χ2n) is 6.10. The van der Waals surface area contributed by atoms with E-state index in [0.29, 0.717) is 17.3 Å². The van der Waals surface area contributed by atoms with Crippen LogP contribution in [0.15, 0.2) is 40.9 Å². The molecule has 1 aromatic carbocycles. The number of amides is 1. The molecule has 0 saturated heterocycles. The van der Waals surface area contributed by atoms with Crippen LogP contribution < -0.4 is 5.32 Å². The first-order valence-corrected chi connectivity index (χ1v) is 10.9. The lowest BCUT2D eigenvalue weighted by atomic mass is 10.2. The molecular weight excluding hydrogens is 400 g/mol. The van der Waals surface area contributed by atoms with E-state index in [1.807, 2.05) is 24.3 Å². The Labute approximate surface area is 172 Å². The van der Waals surface area contributed by atoms with Crippen LogP contribution in [0.4, 0.5) is 0 Å². The maximum absolute atomic E-state index is 12.2. The Morgan fingerprint density at radius 3 is 2.74 bits per heavy atom. The molecule has 1 N–H and O–H groups in total. The number of thioether (sulfide) groups is 1. The van der Waals surface area contributed by atoms with Crippen LogP contribution in [0.3, 0.4) is 0 Å². The second kappa shape index (κ2) is 9.39. The normalized spacial score (nSPS) is 10.9. The van der Waals surface area contributed by atoms with Gasteiger partial charge in [-0.1, -0.05) is 42.4 Å². The first-order valence-electron chi connectivity index (χ1n) is 8.69. The number of thiophene rings is 1. The van der Waals surface area contributed by atoms with Crippen LogP contribution in [-0.4, -0.2) is 26.4 Å². The average Bonchev–Trinajstić information content (AvgIpc) is 3.26. The minimum atomic E-state index is -0.0334. The van der Waals surface area contributed by atoms with Crippen LogP contribution in [0.25, 0.3) is 11.4 Å². The maximum Gasteiger partial charge on any atom is 0.230 e. The van der Waals surface area contributed by atoms with Crippen LogP contribution >= 0.6 is 34.7 Å². The summed E-state index contributed by atoms with van der Waals surface area (Å²) in [6.45, 7) is 5.51. The number of carbonyl (C=O) groups is 1. The highest BCUT2D eigenvalue weighted by atomic mass is 35.5. The summed E-state index contributed by atoms with van der Waals surface area (Å²) in [7, 11) is 0. The van der Waals surface area contributed by atoms with Gasteiger partial charge in [-0.05, 0) is 37.1 Å². The summed E-state index contributed by atoms with van der Waals surface area (Å²) >= 11 is 8.99. The third-order valence-electron chi connectivity index (χ3n) is 3.89. The highest BCUT2D eigenvalue weighted by Crippen LogP contribution is 2.27. The summed E-state index contributed by atoms with van der Waals surface area (Å²) in [5, 5.41) is 15.1. The predicted octanol–water partition coefficient (Wildman–Crippen LogP) is 4.79. The van der Waals surface area contributed by atoms with Crippen LogP contribution in [-0.2, 0) is 17.9 Å². The molecule has 1 amide bonds. The molecule has 2 aromatic heterocycles. The molecule has 0 saturated carbocycles. The Morgan fingerprint density at radius 1 is 1.30 bits per heavy atom. The number of hydrogen-bond donors (Lipinski definition) is 1. The highest BCUT2D eigenvalue weighted by molar-refractivity contribution is 7.99. The van der Waals surface area contributed by atoms with Gasteiger partial charge >= 0.3 is 0 Å². The topological polar surface area (TPSA) is 59.8 Å². The van der Waals surface area contributed by atoms with Gasteiger partial charge in [-0.2, -0.15) is 0 Å². The van der Waals surface area contributed by atoms with Crippen molar-refractivity contribution in [3.63, 3.8) is 0 Å². The zero-order valence-corrected chi connectivity index (χ0v) is 17.6. The van der Waals surface area contributed by atoms with E-state index in [-0.39, 0.29) is 5.91 Å². The molecule has 3 aromatic rings. The van der Waals surface area contributed by atoms with Gasteiger partial charge in [0, 0.05) is 33.9 Å². The molecule has 0 spiro atoms. The number of hydrogen-bond acceptors (Lipinski definition) is 5. The fraction of sp³-hybridized carbons (Fsp3) is 0.316. The van der Waals surface area contributed by atoms with Crippen molar-refractivity contribution in [2.24, 2.45) is 0 Å². The van der Waals surface area contributed by atoms with Gasteiger partial charge in [-0.3, -0.25) is 4.79 Å². The summed E-state index contributed by atoms with van der Waals surface area (Å²) < 4.78 is 2.10. The van der Waals surface area contributed by atoms with Crippen molar-refractivity contribution < 1.29 is 4.79 Å². The Kier molecular flexibility index (Phi) is 6.93.